The molecule has 0 aliphatic carbocycles. The number of ether oxygens (including phenoxy) is 2. The Balaban J connectivity index is 1.54. The van der Waals surface area contributed by atoms with E-state index in [0.717, 1.165) is 34.7 Å². The van der Waals surface area contributed by atoms with Crippen LogP contribution in [0, 0.1) is 20.8 Å². The Kier molecular flexibility index (Phi) is 9.25. The van der Waals surface area contributed by atoms with Crippen LogP contribution in [-0.4, -0.2) is 36.1 Å². The van der Waals surface area contributed by atoms with Crippen molar-refractivity contribution in [2.24, 2.45) is 0 Å². The maximum atomic E-state index is 12.6. The standard InChI is InChI=1S/C32H42N2O3/c1-10-20(2)16-23(5)31-27(9)34(31)19-25(7)37-30-13-11-12-29(26(30)8)36-24(6)18-33-32(35)28-15-14-21(3)17-22(28)4/h10-17,24-25H,18-19H2,1-9H3,(H,33,35)/b20-10-,23-16-/t24?,25-,34?/m0/s1. The number of nitrogens with zero attached hydrogens (tertiary/aromatic N) is 1. The first kappa shape index (κ1) is 28.1. The van der Waals surface area contributed by atoms with Gasteiger partial charge in [0.05, 0.1) is 18.8 Å². The lowest BCUT2D eigenvalue weighted by atomic mass is 10.1. The van der Waals surface area contributed by atoms with Gasteiger partial charge in [-0.15, -0.1) is 0 Å². The summed E-state index contributed by atoms with van der Waals surface area (Å²) in [7, 11) is 0. The topological polar surface area (TPSA) is 50.6 Å². The molecular formula is C32H42N2O3. The van der Waals surface area contributed by atoms with Crippen molar-refractivity contribution in [1.29, 1.82) is 0 Å². The van der Waals surface area contributed by atoms with Crippen LogP contribution in [0.15, 0.2) is 71.1 Å². The number of aryl methyl sites for hydroxylation is 2. The number of hydrogen-bond donors (Lipinski definition) is 1. The van der Waals surface area contributed by atoms with Crippen LogP contribution in [0.1, 0.15) is 68.6 Å². The molecule has 2 aromatic carbocycles. The first-order valence-electron chi connectivity index (χ1n) is 13.1. The van der Waals surface area contributed by atoms with Gasteiger partial charge in [0.1, 0.15) is 23.7 Å². The van der Waals surface area contributed by atoms with Crippen molar-refractivity contribution in [3.05, 3.63) is 93.3 Å². The molecule has 3 rings (SSSR count). The summed E-state index contributed by atoms with van der Waals surface area (Å²) in [6.45, 7) is 19.8. The Labute approximate surface area is 222 Å². The average Bonchev–Trinajstić information content (AvgIpc) is 3.48. The van der Waals surface area contributed by atoms with Crippen LogP contribution in [0.2, 0.25) is 0 Å². The van der Waals surface area contributed by atoms with E-state index in [1.165, 1.54) is 22.5 Å². The second-order valence-electron chi connectivity index (χ2n) is 10.2. The van der Waals surface area contributed by atoms with Crippen LogP contribution in [0.5, 0.6) is 11.5 Å². The normalized spacial score (nSPS) is 15.4. The highest BCUT2D eigenvalue weighted by atomic mass is 16.5. The summed E-state index contributed by atoms with van der Waals surface area (Å²) in [6, 6.07) is 11.7. The Morgan fingerprint density at radius 1 is 1.00 bits per heavy atom. The monoisotopic (exact) mass is 502 g/mol. The van der Waals surface area contributed by atoms with Crippen LogP contribution in [-0.2, 0) is 0 Å². The quantitative estimate of drug-likeness (QED) is 0.335. The van der Waals surface area contributed by atoms with Gasteiger partial charge in [0.2, 0.25) is 0 Å². The van der Waals surface area contributed by atoms with E-state index < -0.39 is 0 Å². The van der Waals surface area contributed by atoms with Crippen molar-refractivity contribution in [1.82, 2.24) is 10.2 Å². The van der Waals surface area contributed by atoms with Gasteiger partial charge < -0.3 is 19.7 Å². The SMILES string of the molecule is C/C=C(C)\C=C(\C)C1=C(C)N1C[C@H](C)Oc1cccc(OC(C)CNC(=O)c2ccc(C)cc2C)c1C. The Bertz CT molecular complexity index is 1240. The zero-order valence-electron chi connectivity index (χ0n) is 23.9. The van der Waals surface area contributed by atoms with E-state index in [0.29, 0.717) is 12.1 Å². The third-order valence-corrected chi connectivity index (χ3v) is 6.75. The molecule has 5 nitrogen and oxygen atoms in total. The van der Waals surface area contributed by atoms with E-state index in [1.807, 2.05) is 64.1 Å². The first-order valence-corrected chi connectivity index (χ1v) is 13.1. The molecule has 198 valence electrons. The molecule has 1 heterocycles. The number of amides is 1. The van der Waals surface area contributed by atoms with Crippen molar-refractivity contribution in [3.8, 4) is 11.5 Å². The van der Waals surface area contributed by atoms with Crippen LogP contribution < -0.4 is 14.8 Å². The smallest absolute Gasteiger partial charge is 0.251 e. The maximum Gasteiger partial charge on any atom is 0.251 e. The minimum absolute atomic E-state index is 0.00599. The average molecular weight is 503 g/mol. The van der Waals surface area contributed by atoms with E-state index in [9.17, 15) is 4.79 Å². The number of hydrogen-bond acceptors (Lipinski definition) is 4. The van der Waals surface area contributed by atoms with Gasteiger partial charge in [-0.05, 0) is 91.6 Å². The number of nitrogens with one attached hydrogen (secondary N) is 1. The van der Waals surface area contributed by atoms with Crippen molar-refractivity contribution in [3.63, 3.8) is 0 Å². The molecule has 0 saturated heterocycles. The molecule has 5 heteroatoms. The molecule has 1 aliphatic rings. The molecule has 2 atom stereocenters. The summed E-state index contributed by atoms with van der Waals surface area (Å²) >= 11 is 0. The molecule has 37 heavy (non-hydrogen) atoms. The third-order valence-electron chi connectivity index (χ3n) is 6.75. The molecule has 0 saturated carbocycles. The van der Waals surface area contributed by atoms with Gasteiger partial charge >= 0.3 is 0 Å². The lowest BCUT2D eigenvalue weighted by Crippen LogP contribution is -2.34. The fourth-order valence-corrected chi connectivity index (χ4v) is 4.53. The molecule has 1 N–H and O–H groups in total. The fourth-order valence-electron chi connectivity index (χ4n) is 4.53. The third kappa shape index (κ3) is 7.28. The second kappa shape index (κ2) is 12.2. The molecule has 0 spiro atoms. The predicted molar refractivity (Wildman–Crippen MR) is 152 cm³/mol. The number of rotatable bonds is 11. The first-order chi connectivity index (χ1) is 17.5. The molecule has 0 radical (unpaired) electrons. The van der Waals surface area contributed by atoms with Crippen molar-refractivity contribution in [2.75, 3.05) is 13.1 Å². The maximum absolute atomic E-state index is 12.6. The van der Waals surface area contributed by atoms with E-state index in [1.54, 1.807) is 0 Å². The van der Waals surface area contributed by atoms with Gasteiger partial charge in [-0.25, -0.2) is 0 Å². The molecule has 2 aromatic rings. The summed E-state index contributed by atoms with van der Waals surface area (Å²) < 4.78 is 12.5. The van der Waals surface area contributed by atoms with Crippen molar-refractivity contribution >= 4 is 5.91 Å². The number of carbonyl (C=O) groups excluding carboxylic acids is 1. The van der Waals surface area contributed by atoms with E-state index in [2.05, 4.69) is 57.0 Å². The highest BCUT2D eigenvalue weighted by Gasteiger charge is 2.32. The fraction of sp³-hybridized carbons (Fsp3) is 0.406. The highest BCUT2D eigenvalue weighted by Crippen LogP contribution is 2.38. The highest BCUT2D eigenvalue weighted by molar-refractivity contribution is 5.95. The van der Waals surface area contributed by atoms with Gasteiger partial charge in [0.15, 0.2) is 0 Å². The summed E-state index contributed by atoms with van der Waals surface area (Å²) in [5.74, 6) is 1.50. The zero-order valence-corrected chi connectivity index (χ0v) is 23.9. The minimum atomic E-state index is -0.191. The summed E-state index contributed by atoms with van der Waals surface area (Å²) in [5, 5.41) is 2.99. The van der Waals surface area contributed by atoms with Gasteiger partial charge in [-0.2, -0.15) is 0 Å². The molecule has 1 unspecified atom stereocenters. The van der Waals surface area contributed by atoms with Crippen LogP contribution in [0.4, 0.5) is 0 Å². The lowest BCUT2D eigenvalue weighted by molar-refractivity contribution is 0.0931. The predicted octanol–water partition coefficient (Wildman–Crippen LogP) is 7.04. The van der Waals surface area contributed by atoms with Crippen LogP contribution in [0.25, 0.3) is 0 Å². The molecule has 0 fully saturated rings. The summed E-state index contributed by atoms with van der Waals surface area (Å²) in [4.78, 5) is 14.9. The van der Waals surface area contributed by atoms with Crippen molar-refractivity contribution < 1.29 is 14.3 Å². The van der Waals surface area contributed by atoms with Crippen molar-refractivity contribution in [2.45, 2.75) is 74.5 Å². The van der Waals surface area contributed by atoms with Crippen LogP contribution >= 0.6 is 0 Å². The lowest BCUT2D eigenvalue weighted by Gasteiger charge is -2.22. The zero-order chi connectivity index (χ0) is 27.3. The Hall–Kier alpha value is -3.47. The molecule has 0 aromatic heterocycles. The summed E-state index contributed by atoms with van der Waals surface area (Å²) in [5.41, 5.74) is 8.93. The molecule has 1 aliphatic heterocycles. The molecular weight excluding hydrogens is 460 g/mol. The molecule has 1 amide bonds. The van der Waals surface area contributed by atoms with Crippen LogP contribution in [0.3, 0.4) is 0 Å². The van der Waals surface area contributed by atoms with Gasteiger partial charge in [-0.1, -0.05) is 41.5 Å². The minimum Gasteiger partial charge on any atom is -0.488 e. The second-order valence-corrected chi connectivity index (χ2v) is 10.2. The van der Waals surface area contributed by atoms with E-state index in [-0.39, 0.29) is 18.1 Å². The number of allylic oxidation sites excluding steroid dienone is 5. The van der Waals surface area contributed by atoms with E-state index in [4.69, 9.17) is 9.47 Å². The Morgan fingerprint density at radius 3 is 2.27 bits per heavy atom. The van der Waals surface area contributed by atoms with Gasteiger partial charge in [0.25, 0.3) is 5.91 Å². The Morgan fingerprint density at radius 2 is 1.65 bits per heavy atom. The largest absolute Gasteiger partial charge is 0.488 e. The van der Waals surface area contributed by atoms with E-state index >= 15 is 0 Å². The number of benzene rings is 2. The van der Waals surface area contributed by atoms with Gasteiger partial charge in [0, 0.05) is 16.8 Å². The number of carbonyl (C=O) groups is 1. The summed E-state index contributed by atoms with van der Waals surface area (Å²) in [6.07, 6.45) is 4.16. The molecule has 0 bridgehead atoms. The van der Waals surface area contributed by atoms with Gasteiger partial charge in [-0.3, -0.25) is 4.79 Å².